The number of hydrogen-bond donors (Lipinski definition) is 2. The lowest BCUT2D eigenvalue weighted by molar-refractivity contribution is -0.140. The highest BCUT2D eigenvalue weighted by molar-refractivity contribution is 14.0. The molecule has 10 heteroatoms. The maximum atomic E-state index is 12.5. The molecule has 0 aliphatic carbocycles. The van der Waals surface area contributed by atoms with Crippen LogP contribution in [0.25, 0.3) is 0 Å². The SMILES string of the molecule is CCN(CC)CCCC(C)NC(=NC)NCCc1nc(C(F)(F)F)cs1.I. The van der Waals surface area contributed by atoms with Crippen LogP contribution in [-0.4, -0.2) is 55.1 Å². The van der Waals surface area contributed by atoms with E-state index in [9.17, 15) is 13.2 Å². The van der Waals surface area contributed by atoms with Gasteiger partial charge in [-0.1, -0.05) is 13.8 Å². The molecule has 1 aromatic heterocycles. The van der Waals surface area contributed by atoms with Crippen LogP contribution in [0.15, 0.2) is 10.4 Å². The van der Waals surface area contributed by atoms with Crippen LogP contribution in [0.1, 0.15) is 44.3 Å². The highest BCUT2D eigenvalue weighted by Gasteiger charge is 2.33. The van der Waals surface area contributed by atoms with E-state index < -0.39 is 11.9 Å². The molecule has 1 rings (SSSR count). The summed E-state index contributed by atoms with van der Waals surface area (Å²) in [5.74, 6) is 0.660. The van der Waals surface area contributed by atoms with Gasteiger partial charge >= 0.3 is 6.18 Å². The number of halogens is 4. The summed E-state index contributed by atoms with van der Waals surface area (Å²) in [6.45, 7) is 10.1. The molecule has 0 radical (unpaired) electrons. The van der Waals surface area contributed by atoms with E-state index in [0.29, 0.717) is 23.9 Å². The molecule has 0 aliphatic heterocycles. The quantitative estimate of drug-likeness (QED) is 0.278. The predicted octanol–water partition coefficient (Wildman–Crippen LogP) is 4.00. The Labute approximate surface area is 181 Å². The molecule has 27 heavy (non-hydrogen) atoms. The van der Waals surface area contributed by atoms with Crippen molar-refractivity contribution in [2.75, 3.05) is 33.2 Å². The summed E-state index contributed by atoms with van der Waals surface area (Å²) >= 11 is 1.03. The third-order valence-corrected chi connectivity index (χ3v) is 4.99. The molecular weight excluding hydrogens is 490 g/mol. The molecule has 0 spiro atoms. The summed E-state index contributed by atoms with van der Waals surface area (Å²) in [7, 11) is 1.68. The average Bonchev–Trinajstić information content (AvgIpc) is 3.07. The third kappa shape index (κ3) is 10.5. The van der Waals surface area contributed by atoms with Gasteiger partial charge in [0.1, 0.15) is 0 Å². The highest BCUT2D eigenvalue weighted by Crippen LogP contribution is 2.29. The minimum atomic E-state index is -4.37. The van der Waals surface area contributed by atoms with E-state index in [1.54, 1.807) is 7.05 Å². The van der Waals surface area contributed by atoms with Gasteiger partial charge in [-0.2, -0.15) is 13.2 Å². The summed E-state index contributed by atoms with van der Waals surface area (Å²) in [6, 6.07) is 0.272. The summed E-state index contributed by atoms with van der Waals surface area (Å²) in [4.78, 5) is 10.2. The Kier molecular flexibility index (Phi) is 13.2. The van der Waals surface area contributed by atoms with Crippen LogP contribution in [-0.2, 0) is 12.6 Å². The zero-order chi connectivity index (χ0) is 19.6. The van der Waals surface area contributed by atoms with Crippen molar-refractivity contribution in [3.05, 3.63) is 16.1 Å². The first-order valence-corrected chi connectivity index (χ1v) is 9.89. The fourth-order valence-electron chi connectivity index (χ4n) is 2.50. The molecule has 2 N–H and O–H groups in total. The van der Waals surface area contributed by atoms with Gasteiger partial charge in [-0.15, -0.1) is 35.3 Å². The first kappa shape index (κ1) is 26.4. The number of nitrogens with one attached hydrogen (secondary N) is 2. The van der Waals surface area contributed by atoms with Crippen molar-refractivity contribution in [3.8, 4) is 0 Å². The van der Waals surface area contributed by atoms with Crippen LogP contribution in [0.5, 0.6) is 0 Å². The lowest BCUT2D eigenvalue weighted by Gasteiger charge is -2.21. The van der Waals surface area contributed by atoms with E-state index in [0.717, 1.165) is 49.2 Å². The lowest BCUT2D eigenvalue weighted by atomic mass is 10.2. The van der Waals surface area contributed by atoms with E-state index in [4.69, 9.17) is 0 Å². The van der Waals surface area contributed by atoms with Crippen molar-refractivity contribution < 1.29 is 13.2 Å². The maximum absolute atomic E-state index is 12.5. The number of hydrogen-bond acceptors (Lipinski definition) is 4. The Balaban J connectivity index is 0.00000676. The molecule has 0 saturated heterocycles. The Bertz CT molecular complexity index is 547. The fourth-order valence-corrected chi connectivity index (χ4v) is 3.31. The molecule has 5 nitrogen and oxygen atoms in total. The molecule has 0 amide bonds. The number of rotatable bonds is 10. The van der Waals surface area contributed by atoms with Crippen molar-refractivity contribution in [2.45, 2.75) is 52.3 Å². The van der Waals surface area contributed by atoms with Crippen LogP contribution in [0, 0.1) is 0 Å². The van der Waals surface area contributed by atoms with Gasteiger partial charge in [0, 0.05) is 31.4 Å². The van der Waals surface area contributed by atoms with E-state index in [1.807, 2.05) is 0 Å². The standard InChI is InChI=1S/C17H30F3N5S.HI/c1-5-25(6-2)11-7-8-13(3)23-16(21-4)22-10-9-15-24-14(12-26-15)17(18,19)20;/h12-13H,5-11H2,1-4H3,(H2,21,22,23);1H. The molecule has 1 atom stereocenters. The van der Waals surface area contributed by atoms with Gasteiger partial charge in [0.15, 0.2) is 11.7 Å². The van der Waals surface area contributed by atoms with E-state index >= 15 is 0 Å². The highest BCUT2D eigenvalue weighted by atomic mass is 127. The molecule has 1 heterocycles. The molecule has 0 fully saturated rings. The Morgan fingerprint density at radius 1 is 1.33 bits per heavy atom. The molecule has 1 unspecified atom stereocenters. The summed E-state index contributed by atoms with van der Waals surface area (Å²) in [5.41, 5.74) is -0.818. The first-order valence-electron chi connectivity index (χ1n) is 9.01. The number of guanidine groups is 1. The van der Waals surface area contributed by atoms with E-state index in [-0.39, 0.29) is 30.0 Å². The molecule has 0 aromatic carbocycles. The topological polar surface area (TPSA) is 52.5 Å². The van der Waals surface area contributed by atoms with Crippen LogP contribution in [0.2, 0.25) is 0 Å². The van der Waals surface area contributed by atoms with Crippen molar-refractivity contribution in [1.29, 1.82) is 0 Å². The predicted molar refractivity (Wildman–Crippen MR) is 117 cm³/mol. The second-order valence-electron chi connectivity index (χ2n) is 6.09. The van der Waals surface area contributed by atoms with Crippen LogP contribution < -0.4 is 10.6 Å². The minimum Gasteiger partial charge on any atom is -0.356 e. The van der Waals surface area contributed by atoms with Crippen LogP contribution >= 0.6 is 35.3 Å². The van der Waals surface area contributed by atoms with Crippen LogP contribution in [0.4, 0.5) is 13.2 Å². The summed E-state index contributed by atoms with van der Waals surface area (Å²) < 4.78 is 37.6. The number of nitrogens with zero attached hydrogens (tertiary/aromatic N) is 3. The normalized spacial score (nSPS) is 13.4. The summed E-state index contributed by atoms with van der Waals surface area (Å²) in [6.07, 6.45) is -1.82. The molecule has 158 valence electrons. The molecular formula is C17H31F3IN5S. The van der Waals surface area contributed by atoms with Gasteiger partial charge in [0.05, 0.1) is 5.01 Å². The van der Waals surface area contributed by atoms with Crippen LogP contribution in [0.3, 0.4) is 0 Å². The Hall–Kier alpha value is -0.620. The summed E-state index contributed by atoms with van der Waals surface area (Å²) in [5, 5.41) is 7.97. The fraction of sp³-hybridized carbons (Fsp3) is 0.765. The van der Waals surface area contributed by atoms with Gasteiger partial charge in [-0.05, 0) is 39.4 Å². The largest absolute Gasteiger partial charge is 0.434 e. The minimum absolute atomic E-state index is 0. The smallest absolute Gasteiger partial charge is 0.356 e. The maximum Gasteiger partial charge on any atom is 0.434 e. The number of aliphatic imine (C=N–C) groups is 1. The zero-order valence-electron chi connectivity index (χ0n) is 16.4. The molecule has 1 aromatic rings. The monoisotopic (exact) mass is 521 g/mol. The Morgan fingerprint density at radius 3 is 2.52 bits per heavy atom. The second kappa shape index (κ2) is 13.5. The third-order valence-electron chi connectivity index (χ3n) is 4.09. The van der Waals surface area contributed by atoms with E-state index in [2.05, 4.69) is 46.3 Å². The van der Waals surface area contributed by atoms with Gasteiger partial charge in [-0.3, -0.25) is 4.99 Å². The molecule has 0 saturated carbocycles. The number of alkyl halides is 3. The molecule has 0 aliphatic rings. The van der Waals surface area contributed by atoms with Gasteiger partial charge in [0.2, 0.25) is 0 Å². The van der Waals surface area contributed by atoms with Crippen molar-refractivity contribution in [3.63, 3.8) is 0 Å². The van der Waals surface area contributed by atoms with Gasteiger partial charge in [-0.25, -0.2) is 4.98 Å². The van der Waals surface area contributed by atoms with Crippen molar-refractivity contribution >= 4 is 41.3 Å². The lowest BCUT2D eigenvalue weighted by Crippen LogP contribution is -2.43. The van der Waals surface area contributed by atoms with Crippen molar-refractivity contribution in [2.24, 2.45) is 4.99 Å². The Morgan fingerprint density at radius 2 is 2.00 bits per heavy atom. The van der Waals surface area contributed by atoms with Gasteiger partial charge in [0.25, 0.3) is 0 Å². The first-order chi connectivity index (χ1) is 12.3. The molecule has 0 bridgehead atoms. The van der Waals surface area contributed by atoms with E-state index in [1.165, 1.54) is 0 Å². The van der Waals surface area contributed by atoms with Crippen molar-refractivity contribution in [1.82, 2.24) is 20.5 Å². The van der Waals surface area contributed by atoms with Gasteiger partial charge < -0.3 is 15.5 Å². The number of thiazole rings is 1. The zero-order valence-corrected chi connectivity index (χ0v) is 19.5. The second-order valence-corrected chi connectivity index (χ2v) is 7.03. The average molecular weight is 521 g/mol. The number of aromatic nitrogens is 1.